The Balaban J connectivity index is 2.59. The molecule has 0 bridgehead atoms. The molecule has 3 nitrogen and oxygen atoms in total. The summed E-state index contributed by atoms with van der Waals surface area (Å²) < 4.78 is 19.2. The van der Waals surface area contributed by atoms with E-state index >= 15 is 0 Å². The number of pyridine rings is 1. The van der Waals surface area contributed by atoms with Gasteiger partial charge in [0.2, 0.25) is 5.88 Å². The number of nitrogens with zero attached hydrogens (tertiary/aromatic N) is 1. The third-order valence-corrected chi connectivity index (χ3v) is 3.63. The Hall–Kier alpha value is -1.16. The molecular weight excluding hydrogens is 267 g/mol. The van der Waals surface area contributed by atoms with Crippen molar-refractivity contribution in [1.29, 1.82) is 0 Å². The van der Waals surface area contributed by atoms with E-state index in [1.807, 2.05) is 0 Å². The number of halogens is 1. The van der Waals surface area contributed by atoms with Crippen molar-refractivity contribution >= 4 is 0 Å². The van der Waals surface area contributed by atoms with Crippen LogP contribution >= 0.6 is 0 Å². The van der Waals surface area contributed by atoms with Crippen LogP contribution in [0, 0.1) is 11.7 Å². The van der Waals surface area contributed by atoms with E-state index in [0.717, 1.165) is 24.9 Å². The lowest BCUT2D eigenvalue weighted by molar-refractivity contribution is 0.223. The molecule has 1 atom stereocenters. The predicted molar refractivity (Wildman–Crippen MR) is 85.0 cm³/mol. The Morgan fingerprint density at radius 3 is 2.76 bits per heavy atom. The summed E-state index contributed by atoms with van der Waals surface area (Å²) in [4.78, 5) is 4.11. The van der Waals surface area contributed by atoms with Gasteiger partial charge in [-0.15, -0.1) is 0 Å². The van der Waals surface area contributed by atoms with Crippen molar-refractivity contribution in [3.63, 3.8) is 0 Å². The van der Waals surface area contributed by atoms with Gasteiger partial charge in [-0.25, -0.2) is 9.37 Å². The zero-order valence-electron chi connectivity index (χ0n) is 13.6. The molecule has 1 aromatic heterocycles. The van der Waals surface area contributed by atoms with Crippen LogP contribution < -0.4 is 10.1 Å². The topological polar surface area (TPSA) is 34.1 Å². The SMILES string of the molecule is CCCCC(CC)COc1ncc(F)cc1CNCCC. The second kappa shape index (κ2) is 10.6. The Morgan fingerprint density at radius 2 is 2.10 bits per heavy atom. The van der Waals surface area contributed by atoms with Crippen LogP contribution in [0.5, 0.6) is 5.88 Å². The fourth-order valence-electron chi connectivity index (χ4n) is 2.22. The van der Waals surface area contributed by atoms with Gasteiger partial charge in [-0.1, -0.05) is 40.0 Å². The Bertz CT molecular complexity index is 398. The van der Waals surface area contributed by atoms with Crippen LogP contribution in [0.1, 0.15) is 58.4 Å². The fourth-order valence-corrected chi connectivity index (χ4v) is 2.22. The zero-order valence-corrected chi connectivity index (χ0v) is 13.6. The van der Waals surface area contributed by atoms with Crippen LogP contribution in [0.3, 0.4) is 0 Å². The molecule has 1 unspecified atom stereocenters. The van der Waals surface area contributed by atoms with Crippen molar-refractivity contribution < 1.29 is 9.13 Å². The molecule has 0 amide bonds. The molecule has 1 rings (SSSR count). The summed E-state index contributed by atoms with van der Waals surface area (Å²) in [5.41, 5.74) is 0.800. The first-order chi connectivity index (χ1) is 10.2. The van der Waals surface area contributed by atoms with E-state index in [2.05, 4.69) is 31.1 Å². The maximum atomic E-state index is 13.3. The molecule has 0 aromatic carbocycles. The summed E-state index contributed by atoms with van der Waals surface area (Å²) in [6.07, 6.45) is 6.99. The zero-order chi connectivity index (χ0) is 15.5. The van der Waals surface area contributed by atoms with E-state index in [9.17, 15) is 4.39 Å². The lowest BCUT2D eigenvalue weighted by atomic mass is 10.0. The van der Waals surface area contributed by atoms with Crippen molar-refractivity contribution in [2.45, 2.75) is 59.4 Å². The first kappa shape index (κ1) is 17.9. The van der Waals surface area contributed by atoms with Gasteiger partial charge in [-0.05, 0) is 31.4 Å². The number of ether oxygens (including phenoxy) is 1. The van der Waals surface area contributed by atoms with Crippen molar-refractivity contribution in [3.05, 3.63) is 23.6 Å². The molecule has 0 aliphatic heterocycles. The highest BCUT2D eigenvalue weighted by Crippen LogP contribution is 2.19. The quantitative estimate of drug-likeness (QED) is 0.618. The average molecular weight is 296 g/mol. The largest absolute Gasteiger partial charge is 0.477 e. The fraction of sp³-hybridized carbons (Fsp3) is 0.706. The van der Waals surface area contributed by atoms with Gasteiger partial charge in [-0.3, -0.25) is 0 Å². The smallest absolute Gasteiger partial charge is 0.218 e. The Kier molecular flexibility index (Phi) is 8.99. The van der Waals surface area contributed by atoms with E-state index in [0.29, 0.717) is 24.9 Å². The first-order valence-corrected chi connectivity index (χ1v) is 8.19. The van der Waals surface area contributed by atoms with Crippen LogP contribution in [0.15, 0.2) is 12.3 Å². The summed E-state index contributed by atoms with van der Waals surface area (Å²) >= 11 is 0. The van der Waals surface area contributed by atoms with Gasteiger partial charge >= 0.3 is 0 Å². The standard InChI is InChI=1S/C17H29FN2O/c1-4-7-8-14(6-3)13-21-17-15(11-19-9-5-2)10-16(18)12-20-17/h10,12,14,19H,4-9,11,13H2,1-3H3. The van der Waals surface area contributed by atoms with Gasteiger partial charge in [0, 0.05) is 12.1 Å². The number of nitrogens with one attached hydrogen (secondary N) is 1. The second-order valence-corrected chi connectivity index (χ2v) is 5.52. The maximum absolute atomic E-state index is 13.3. The first-order valence-electron chi connectivity index (χ1n) is 8.19. The Labute approximate surface area is 128 Å². The van der Waals surface area contributed by atoms with Gasteiger partial charge in [0.15, 0.2) is 0 Å². The maximum Gasteiger partial charge on any atom is 0.218 e. The van der Waals surface area contributed by atoms with E-state index < -0.39 is 0 Å². The van der Waals surface area contributed by atoms with Crippen molar-refractivity contribution in [2.75, 3.05) is 13.2 Å². The molecule has 120 valence electrons. The number of rotatable bonds is 11. The molecule has 0 aliphatic carbocycles. The van der Waals surface area contributed by atoms with E-state index in [1.165, 1.54) is 31.5 Å². The summed E-state index contributed by atoms with van der Waals surface area (Å²) in [7, 11) is 0. The number of aromatic nitrogens is 1. The lowest BCUT2D eigenvalue weighted by Gasteiger charge is -2.17. The molecule has 1 heterocycles. The minimum atomic E-state index is -0.311. The van der Waals surface area contributed by atoms with Crippen LogP contribution in [0.4, 0.5) is 4.39 Å². The van der Waals surface area contributed by atoms with Gasteiger partial charge in [0.05, 0.1) is 12.8 Å². The third kappa shape index (κ3) is 6.89. The molecule has 4 heteroatoms. The molecule has 0 fully saturated rings. The van der Waals surface area contributed by atoms with E-state index in [-0.39, 0.29) is 5.82 Å². The van der Waals surface area contributed by atoms with Crippen molar-refractivity contribution in [2.24, 2.45) is 5.92 Å². The highest BCUT2D eigenvalue weighted by molar-refractivity contribution is 5.26. The minimum Gasteiger partial charge on any atom is -0.477 e. The number of hydrogen-bond acceptors (Lipinski definition) is 3. The normalized spacial score (nSPS) is 12.4. The second-order valence-electron chi connectivity index (χ2n) is 5.52. The number of hydrogen-bond donors (Lipinski definition) is 1. The molecule has 0 saturated heterocycles. The van der Waals surface area contributed by atoms with Crippen LogP contribution in [0.25, 0.3) is 0 Å². The van der Waals surface area contributed by atoms with Crippen LogP contribution in [-0.2, 0) is 6.54 Å². The molecular formula is C17H29FN2O. The Morgan fingerprint density at radius 1 is 1.29 bits per heavy atom. The van der Waals surface area contributed by atoms with Gasteiger partial charge in [-0.2, -0.15) is 0 Å². The van der Waals surface area contributed by atoms with Crippen molar-refractivity contribution in [1.82, 2.24) is 10.3 Å². The van der Waals surface area contributed by atoms with Gasteiger partial charge in [0.25, 0.3) is 0 Å². The van der Waals surface area contributed by atoms with Crippen LogP contribution in [-0.4, -0.2) is 18.1 Å². The molecule has 0 radical (unpaired) electrons. The molecule has 0 spiro atoms. The monoisotopic (exact) mass is 296 g/mol. The number of unbranched alkanes of at least 4 members (excludes halogenated alkanes) is 1. The average Bonchev–Trinajstić information content (AvgIpc) is 2.49. The highest BCUT2D eigenvalue weighted by atomic mass is 19.1. The summed E-state index contributed by atoms with van der Waals surface area (Å²) in [6.45, 7) is 8.66. The molecule has 1 aromatic rings. The predicted octanol–water partition coefficient (Wildman–Crippen LogP) is 4.32. The van der Waals surface area contributed by atoms with Crippen molar-refractivity contribution in [3.8, 4) is 5.88 Å². The van der Waals surface area contributed by atoms with E-state index in [4.69, 9.17) is 4.74 Å². The molecule has 0 saturated carbocycles. The molecule has 1 N–H and O–H groups in total. The lowest BCUT2D eigenvalue weighted by Crippen LogP contribution is -2.17. The molecule has 0 aliphatic rings. The summed E-state index contributed by atoms with van der Waals surface area (Å²) in [5.74, 6) is 0.803. The van der Waals surface area contributed by atoms with Gasteiger partial charge < -0.3 is 10.1 Å². The summed E-state index contributed by atoms with van der Waals surface area (Å²) in [5, 5.41) is 3.27. The van der Waals surface area contributed by atoms with Crippen LogP contribution in [0.2, 0.25) is 0 Å². The van der Waals surface area contributed by atoms with E-state index in [1.54, 1.807) is 0 Å². The molecule has 21 heavy (non-hydrogen) atoms. The third-order valence-electron chi connectivity index (χ3n) is 3.63. The highest BCUT2D eigenvalue weighted by Gasteiger charge is 2.11. The summed E-state index contributed by atoms with van der Waals surface area (Å²) in [6, 6.07) is 1.51. The van der Waals surface area contributed by atoms with Gasteiger partial charge in [0.1, 0.15) is 5.82 Å². The minimum absolute atomic E-state index is 0.311.